The maximum absolute atomic E-state index is 12.7. The van der Waals surface area contributed by atoms with Gasteiger partial charge in [0.25, 0.3) is 0 Å². The second kappa shape index (κ2) is 5.32. The number of aliphatic hydroxyl groups is 1. The van der Waals surface area contributed by atoms with Crippen LogP contribution >= 0.6 is 0 Å². The molecule has 2 N–H and O–H groups in total. The summed E-state index contributed by atoms with van der Waals surface area (Å²) in [6, 6.07) is 21.2. The number of hydrogen-bond acceptors (Lipinski definition) is 3. The Hall–Kier alpha value is -2.91. The molecule has 0 fully saturated rings. The average Bonchev–Trinajstić information content (AvgIpc) is 2.62. The summed E-state index contributed by atoms with van der Waals surface area (Å²) >= 11 is 0. The summed E-state index contributed by atoms with van der Waals surface area (Å²) in [4.78, 5) is 12.7. The minimum atomic E-state index is -1.28. The van der Waals surface area contributed by atoms with Crippen molar-refractivity contribution in [3.8, 4) is 5.75 Å². The van der Waals surface area contributed by atoms with Gasteiger partial charge >= 0.3 is 0 Å². The summed E-state index contributed by atoms with van der Waals surface area (Å²) in [6.45, 7) is 0. The van der Waals surface area contributed by atoms with Gasteiger partial charge in [0.1, 0.15) is 11.4 Å². The van der Waals surface area contributed by atoms with Crippen LogP contribution in [0.3, 0.4) is 0 Å². The first-order valence-corrected chi connectivity index (χ1v) is 7.83. The third kappa shape index (κ3) is 2.14. The van der Waals surface area contributed by atoms with Gasteiger partial charge in [0.2, 0.25) is 0 Å². The number of fused-ring (bicyclic) bond motifs is 2. The molecule has 0 amide bonds. The number of phenolic OH excluding ortho intramolecular Hbond substituents is 1. The first-order valence-electron chi connectivity index (χ1n) is 7.83. The molecule has 24 heavy (non-hydrogen) atoms. The second-order valence-electron chi connectivity index (χ2n) is 6.12. The number of ketones is 1. The van der Waals surface area contributed by atoms with E-state index in [0.29, 0.717) is 28.7 Å². The zero-order valence-electron chi connectivity index (χ0n) is 12.9. The molecule has 1 aliphatic rings. The second-order valence-corrected chi connectivity index (χ2v) is 6.12. The fourth-order valence-corrected chi connectivity index (χ4v) is 3.47. The van der Waals surface area contributed by atoms with Crippen molar-refractivity contribution in [1.29, 1.82) is 0 Å². The molecule has 1 aliphatic carbocycles. The van der Waals surface area contributed by atoms with Gasteiger partial charge in [-0.25, -0.2) is 0 Å². The largest absolute Gasteiger partial charge is 0.508 e. The zero-order chi connectivity index (χ0) is 16.7. The highest BCUT2D eigenvalue weighted by atomic mass is 16.3. The number of carbonyl (C=O) groups is 1. The molecule has 0 unspecified atom stereocenters. The Morgan fingerprint density at radius 2 is 1.25 bits per heavy atom. The van der Waals surface area contributed by atoms with Crippen LogP contribution in [0.25, 0.3) is 0 Å². The molecule has 0 saturated heterocycles. The van der Waals surface area contributed by atoms with Crippen LogP contribution in [0.2, 0.25) is 0 Å². The van der Waals surface area contributed by atoms with Gasteiger partial charge in [-0.05, 0) is 28.8 Å². The topological polar surface area (TPSA) is 57.5 Å². The highest BCUT2D eigenvalue weighted by Gasteiger charge is 2.41. The summed E-state index contributed by atoms with van der Waals surface area (Å²) in [7, 11) is 0. The van der Waals surface area contributed by atoms with Crippen LogP contribution in [0.4, 0.5) is 0 Å². The van der Waals surface area contributed by atoms with Crippen molar-refractivity contribution in [2.24, 2.45) is 0 Å². The van der Waals surface area contributed by atoms with Crippen LogP contribution in [0.15, 0.2) is 72.8 Å². The Morgan fingerprint density at radius 1 is 0.750 bits per heavy atom. The van der Waals surface area contributed by atoms with Gasteiger partial charge in [-0.1, -0.05) is 60.7 Å². The van der Waals surface area contributed by atoms with Gasteiger partial charge in [0.05, 0.1) is 0 Å². The molecule has 3 aromatic carbocycles. The fourth-order valence-electron chi connectivity index (χ4n) is 3.47. The van der Waals surface area contributed by atoms with Crippen molar-refractivity contribution in [2.75, 3.05) is 0 Å². The molecular formula is C21H16O3. The standard InChI is InChI=1S/C21H16O3/c22-15-11-9-14(10-12-15)13-21(24)18-7-3-1-5-16(18)20(23)17-6-2-4-8-19(17)21/h1-12,22,24H,13H2. The molecule has 3 nitrogen and oxygen atoms in total. The smallest absolute Gasteiger partial charge is 0.193 e. The Balaban J connectivity index is 1.92. The minimum absolute atomic E-state index is 0.0587. The Kier molecular flexibility index (Phi) is 3.25. The maximum Gasteiger partial charge on any atom is 0.193 e. The summed E-state index contributed by atoms with van der Waals surface area (Å²) in [5.74, 6) is 0.127. The molecule has 3 aromatic rings. The quantitative estimate of drug-likeness (QED) is 0.761. The van der Waals surface area contributed by atoms with E-state index in [2.05, 4.69) is 0 Å². The summed E-state index contributed by atoms with van der Waals surface area (Å²) in [5.41, 5.74) is 1.94. The van der Waals surface area contributed by atoms with E-state index in [1.165, 1.54) is 0 Å². The van der Waals surface area contributed by atoms with E-state index in [1.807, 2.05) is 36.4 Å². The lowest BCUT2D eigenvalue weighted by atomic mass is 9.71. The van der Waals surface area contributed by atoms with Crippen LogP contribution in [-0.2, 0) is 12.0 Å². The maximum atomic E-state index is 12.7. The molecule has 0 saturated carbocycles. The molecule has 118 valence electrons. The third-order valence-corrected chi connectivity index (χ3v) is 4.63. The van der Waals surface area contributed by atoms with Crippen LogP contribution in [-0.4, -0.2) is 16.0 Å². The van der Waals surface area contributed by atoms with Crippen molar-refractivity contribution in [1.82, 2.24) is 0 Å². The fraction of sp³-hybridized carbons (Fsp3) is 0.0952. The summed E-state index contributed by atoms with van der Waals surface area (Å²) < 4.78 is 0. The van der Waals surface area contributed by atoms with E-state index in [4.69, 9.17) is 0 Å². The molecule has 4 rings (SSSR count). The first-order chi connectivity index (χ1) is 11.6. The Morgan fingerprint density at radius 3 is 1.79 bits per heavy atom. The molecule has 3 heteroatoms. The molecule has 0 bridgehead atoms. The predicted octanol–water partition coefficient (Wildman–Crippen LogP) is 3.42. The van der Waals surface area contributed by atoms with E-state index in [0.717, 1.165) is 5.56 Å². The molecule has 0 spiro atoms. The summed E-state index contributed by atoms with van der Waals surface area (Å²) in [5, 5.41) is 21.1. The van der Waals surface area contributed by atoms with Gasteiger partial charge < -0.3 is 10.2 Å². The number of carbonyl (C=O) groups excluding carboxylic acids is 1. The first kappa shape index (κ1) is 14.7. The van der Waals surface area contributed by atoms with Crippen LogP contribution in [0.5, 0.6) is 5.75 Å². The van der Waals surface area contributed by atoms with Gasteiger partial charge in [0, 0.05) is 17.5 Å². The lowest BCUT2D eigenvalue weighted by Gasteiger charge is -2.36. The molecule has 0 heterocycles. The third-order valence-electron chi connectivity index (χ3n) is 4.63. The number of aromatic hydroxyl groups is 1. The molecule has 0 atom stereocenters. The van der Waals surface area contributed by atoms with Crippen molar-refractivity contribution in [2.45, 2.75) is 12.0 Å². The SMILES string of the molecule is O=C1c2ccccc2C(O)(Cc2ccc(O)cc2)c2ccccc21. The molecule has 0 radical (unpaired) electrons. The van der Waals surface area contributed by atoms with E-state index in [1.54, 1.807) is 36.4 Å². The normalized spacial score (nSPS) is 14.8. The summed E-state index contributed by atoms with van der Waals surface area (Å²) in [6.07, 6.45) is 0.328. The number of rotatable bonds is 2. The van der Waals surface area contributed by atoms with E-state index >= 15 is 0 Å². The Bertz CT molecular complexity index is 876. The van der Waals surface area contributed by atoms with Crippen molar-refractivity contribution < 1.29 is 15.0 Å². The number of hydrogen-bond donors (Lipinski definition) is 2. The van der Waals surface area contributed by atoms with Gasteiger partial charge in [-0.2, -0.15) is 0 Å². The van der Waals surface area contributed by atoms with Gasteiger partial charge in [-0.3, -0.25) is 4.79 Å². The van der Waals surface area contributed by atoms with Crippen molar-refractivity contribution in [3.05, 3.63) is 101 Å². The Labute approximate surface area is 139 Å². The average molecular weight is 316 g/mol. The molecular weight excluding hydrogens is 300 g/mol. The van der Waals surface area contributed by atoms with Crippen LogP contribution < -0.4 is 0 Å². The van der Waals surface area contributed by atoms with E-state index in [9.17, 15) is 15.0 Å². The van der Waals surface area contributed by atoms with E-state index < -0.39 is 5.60 Å². The monoisotopic (exact) mass is 316 g/mol. The van der Waals surface area contributed by atoms with Gasteiger partial charge in [-0.15, -0.1) is 0 Å². The van der Waals surface area contributed by atoms with Crippen molar-refractivity contribution >= 4 is 5.78 Å². The predicted molar refractivity (Wildman–Crippen MR) is 91.1 cm³/mol. The number of phenols is 1. The molecule has 0 aliphatic heterocycles. The van der Waals surface area contributed by atoms with Crippen molar-refractivity contribution in [3.63, 3.8) is 0 Å². The van der Waals surface area contributed by atoms with Gasteiger partial charge in [0.15, 0.2) is 5.78 Å². The van der Waals surface area contributed by atoms with E-state index in [-0.39, 0.29) is 11.5 Å². The van der Waals surface area contributed by atoms with Crippen LogP contribution in [0.1, 0.15) is 32.6 Å². The highest BCUT2D eigenvalue weighted by molar-refractivity contribution is 6.13. The van der Waals surface area contributed by atoms with Crippen LogP contribution in [0, 0.1) is 0 Å². The zero-order valence-corrected chi connectivity index (χ0v) is 12.9. The lowest BCUT2D eigenvalue weighted by Crippen LogP contribution is -2.37. The minimum Gasteiger partial charge on any atom is -0.508 e. The number of benzene rings is 3. The molecule has 0 aromatic heterocycles. The lowest BCUT2D eigenvalue weighted by molar-refractivity contribution is 0.0721. The highest BCUT2D eigenvalue weighted by Crippen LogP contribution is 2.42.